The zero-order valence-corrected chi connectivity index (χ0v) is 16.1. The molecule has 13 heteroatoms. The Hall–Kier alpha value is -4.16. The number of nitrogens with one attached hydrogen (secondary N) is 2. The van der Waals surface area contributed by atoms with Crippen molar-refractivity contribution in [3.05, 3.63) is 82.3 Å². The van der Waals surface area contributed by atoms with Crippen LogP contribution >= 0.6 is 0 Å². The lowest BCUT2D eigenvalue weighted by Gasteiger charge is -2.14. The van der Waals surface area contributed by atoms with Gasteiger partial charge in [-0.25, -0.2) is 4.68 Å². The minimum Gasteiger partial charge on any atom is -0.329 e. The Morgan fingerprint density at radius 3 is 2.45 bits per heavy atom. The van der Waals surface area contributed by atoms with Crippen LogP contribution in [0.2, 0.25) is 0 Å². The number of aromatic amines is 1. The van der Waals surface area contributed by atoms with Crippen molar-refractivity contribution >= 4 is 22.4 Å². The standard InChI is InChI=1S/C20H11F6N5O2/c21-19(22,23)15-8-10(4-6-27-15)30-18(33)13-9-29-31(16(13)20(24,25)26)14-3-1-2-12-11(14)5-7-28-17(12)32/h1-9H,(H,28,32)(H,27,30,33). The van der Waals surface area contributed by atoms with Crippen molar-refractivity contribution in [1.29, 1.82) is 0 Å². The number of anilines is 1. The molecule has 1 amide bonds. The molecule has 3 heterocycles. The fraction of sp³-hybridized carbons (Fsp3) is 0.100. The topological polar surface area (TPSA) is 92.7 Å². The van der Waals surface area contributed by atoms with Crippen molar-refractivity contribution < 1.29 is 31.1 Å². The van der Waals surface area contributed by atoms with Gasteiger partial charge in [-0.05, 0) is 30.3 Å². The Morgan fingerprint density at radius 1 is 1.00 bits per heavy atom. The molecule has 0 saturated carbocycles. The van der Waals surface area contributed by atoms with Crippen molar-refractivity contribution in [2.45, 2.75) is 12.4 Å². The van der Waals surface area contributed by atoms with Crippen LogP contribution in [0.25, 0.3) is 16.5 Å². The van der Waals surface area contributed by atoms with Gasteiger partial charge in [-0.2, -0.15) is 31.4 Å². The molecular weight excluding hydrogens is 456 g/mol. The fourth-order valence-electron chi connectivity index (χ4n) is 3.22. The number of halogens is 6. The van der Waals surface area contributed by atoms with Crippen molar-refractivity contribution in [2.75, 3.05) is 5.32 Å². The first-order valence-electron chi connectivity index (χ1n) is 9.07. The van der Waals surface area contributed by atoms with Crippen molar-refractivity contribution in [3.63, 3.8) is 0 Å². The van der Waals surface area contributed by atoms with Crippen LogP contribution in [0, 0.1) is 0 Å². The molecule has 33 heavy (non-hydrogen) atoms. The molecule has 0 aliphatic heterocycles. The number of alkyl halides is 6. The minimum atomic E-state index is -5.07. The summed E-state index contributed by atoms with van der Waals surface area (Å²) in [5.41, 5.74) is -4.76. The monoisotopic (exact) mass is 467 g/mol. The number of carbonyl (C=O) groups is 1. The number of H-pyrrole nitrogens is 1. The van der Waals surface area contributed by atoms with E-state index in [9.17, 15) is 35.9 Å². The Bertz CT molecular complexity index is 1420. The smallest absolute Gasteiger partial charge is 0.329 e. The first-order chi connectivity index (χ1) is 15.5. The van der Waals surface area contributed by atoms with Crippen LogP contribution in [0.1, 0.15) is 21.7 Å². The molecule has 2 N–H and O–H groups in total. The van der Waals surface area contributed by atoms with Gasteiger partial charge in [0.05, 0.1) is 17.4 Å². The van der Waals surface area contributed by atoms with E-state index in [1.165, 1.54) is 30.5 Å². The second-order valence-electron chi connectivity index (χ2n) is 6.74. The van der Waals surface area contributed by atoms with E-state index in [0.29, 0.717) is 16.9 Å². The molecule has 0 saturated heterocycles. The van der Waals surface area contributed by atoms with Crippen molar-refractivity contribution in [3.8, 4) is 5.69 Å². The van der Waals surface area contributed by atoms with Gasteiger partial charge in [-0.1, -0.05) is 6.07 Å². The van der Waals surface area contributed by atoms with Gasteiger partial charge in [0, 0.05) is 28.9 Å². The fourth-order valence-corrected chi connectivity index (χ4v) is 3.22. The number of pyridine rings is 2. The molecular formula is C20H11F6N5O2. The van der Waals surface area contributed by atoms with E-state index < -0.39 is 46.5 Å². The predicted molar refractivity (Wildman–Crippen MR) is 104 cm³/mol. The number of benzene rings is 1. The van der Waals surface area contributed by atoms with Crippen LogP contribution in [0.15, 0.2) is 59.8 Å². The van der Waals surface area contributed by atoms with Crippen LogP contribution in [0.5, 0.6) is 0 Å². The average Bonchev–Trinajstić information content (AvgIpc) is 3.19. The van der Waals surface area contributed by atoms with E-state index >= 15 is 0 Å². The SMILES string of the molecule is O=C(Nc1ccnc(C(F)(F)F)c1)c1cnn(-c2cccc3c(=O)[nH]ccc23)c1C(F)(F)F. The summed E-state index contributed by atoms with van der Waals surface area (Å²) in [6.07, 6.45) is -7.21. The molecule has 0 atom stereocenters. The molecule has 0 radical (unpaired) electrons. The van der Waals surface area contributed by atoms with Gasteiger partial charge in [0.1, 0.15) is 5.69 Å². The summed E-state index contributed by atoms with van der Waals surface area (Å²) in [5.74, 6) is -1.33. The molecule has 0 spiro atoms. The average molecular weight is 467 g/mol. The number of nitrogens with zero attached hydrogens (tertiary/aromatic N) is 3. The Morgan fingerprint density at radius 2 is 1.76 bits per heavy atom. The summed E-state index contributed by atoms with van der Waals surface area (Å²) < 4.78 is 80.8. The van der Waals surface area contributed by atoms with E-state index in [1.807, 2.05) is 5.32 Å². The molecule has 0 bridgehead atoms. The van der Waals surface area contributed by atoms with E-state index in [0.717, 1.165) is 12.3 Å². The molecule has 0 aliphatic carbocycles. The molecule has 1 aromatic carbocycles. The molecule has 4 aromatic rings. The molecule has 0 fully saturated rings. The van der Waals surface area contributed by atoms with Crippen LogP contribution in [-0.4, -0.2) is 25.7 Å². The van der Waals surface area contributed by atoms with Gasteiger partial charge in [0.2, 0.25) is 0 Å². The number of aromatic nitrogens is 4. The molecule has 170 valence electrons. The van der Waals surface area contributed by atoms with Crippen molar-refractivity contribution in [2.24, 2.45) is 0 Å². The number of carbonyl (C=O) groups excluding carboxylic acids is 1. The highest BCUT2D eigenvalue weighted by molar-refractivity contribution is 6.05. The third-order valence-electron chi connectivity index (χ3n) is 4.61. The predicted octanol–water partition coefficient (Wildman–Crippen LogP) is 4.40. The van der Waals surface area contributed by atoms with Crippen LogP contribution < -0.4 is 10.9 Å². The van der Waals surface area contributed by atoms with Crippen molar-refractivity contribution in [1.82, 2.24) is 19.7 Å². The highest BCUT2D eigenvalue weighted by Gasteiger charge is 2.41. The molecule has 3 aromatic heterocycles. The Labute approximate surface area is 179 Å². The van der Waals surface area contributed by atoms with E-state index in [1.54, 1.807) is 0 Å². The zero-order valence-electron chi connectivity index (χ0n) is 16.1. The lowest BCUT2D eigenvalue weighted by molar-refractivity contribution is -0.143. The summed E-state index contributed by atoms with van der Waals surface area (Å²) in [6, 6.07) is 6.91. The molecule has 0 unspecified atom stereocenters. The van der Waals surface area contributed by atoms with Gasteiger partial charge in [-0.3, -0.25) is 14.6 Å². The third kappa shape index (κ3) is 4.16. The second-order valence-corrected chi connectivity index (χ2v) is 6.74. The lowest BCUT2D eigenvalue weighted by atomic mass is 10.1. The first kappa shape index (κ1) is 22.0. The molecule has 7 nitrogen and oxygen atoms in total. The largest absolute Gasteiger partial charge is 0.434 e. The van der Waals surface area contributed by atoms with Gasteiger partial charge in [0.25, 0.3) is 11.5 Å². The van der Waals surface area contributed by atoms with Gasteiger partial charge in [0.15, 0.2) is 5.69 Å². The number of hydrogen-bond acceptors (Lipinski definition) is 4. The Kier molecular flexibility index (Phi) is 5.18. The maximum atomic E-state index is 14.0. The molecule has 0 aliphatic rings. The van der Waals surface area contributed by atoms with Crippen LogP contribution in [-0.2, 0) is 12.4 Å². The lowest BCUT2D eigenvalue weighted by Crippen LogP contribution is -2.21. The highest BCUT2D eigenvalue weighted by atomic mass is 19.4. The maximum Gasteiger partial charge on any atom is 0.434 e. The number of fused-ring (bicyclic) bond motifs is 1. The van der Waals surface area contributed by atoms with Crippen LogP contribution in [0.4, 0.5) is 32.0 Å². The quantitative estimate of drug-likeness (QED) is 0.437. The summed E-state index contributed by atoms with van der Waals surface area (Å²) in [5, 5.41) is 5.93. The van der Waals surface area contributed by atoms with E-state index in [-0.39, 0.29) is 16.5 Å². The highest BCUT2D eigenvalue weighted by Crippen LogP contribution is 2.35. The summed E-state index contributed by atoms with van der Waals surface area (Å²) in [6.45, 7) is 0. The first-order valence-corrected chi connectivity index (χ1v) is 9.07. The third-order valence-corrected chi connectivity index (χ3v) is 4.61. The van der Waals surface area contributed by atoms with Gasteiger partial charge >= 0.3 is 12.4 Å². The van der Waals surface area contributed by atoms with Gasteiger partial charge < -0.3 is 10.3 Å². The van der Waals surface area contributed by atoms with Crippen LogP contribution in [0.3, 0.4) is 0 Å². The summed E-state index contributed by atoms with van der Waals surface area (Å²) in [4.78, 5) is 30.1. The zero-order chi connectivity index (χ0) is 24.0. The number of rotatable bonds is 3. The normalized spacial score (nSPS) is 12.2. The van der Waals surface area contributed by atoms with Gasteiger partial charge in [-0.15, -0.1) is 0 Å². The Balaban J connectivity index is 1.81. The maximum absolute atomic E-state index is 14.0. The number of hydrogen-bond donors (Lipinski definition) is 2. The summed E-state index contributed by atoms with van der Waals surface area (Å²) >= 11 is 0. The second kappa shape index (κ2) is 7.76. The van der Waals surface area contributed by atoms with E-state index in [4.69, 9.17) is 0 Å². The molecule has 4 rings (SSSR count). The van der Waals surface area contributed by atoms with E-state index in [2.05, 4.69) is 15.1 Å². The summed E-state index contributed by atoms with van der Waals surface area (Å²) in [7, 11) is 0. The minimum absolute atomic E-state index is 0.0982. The number of amides is 1.